The molecular weight excluding hydrogens is 320 g/mol. The maximum atomic E-state index is 12.1. The number of benzene rings is 1. The molecule has 23 heavy (non-hydrogen) atoms. The summed E-state index contributed by atoms with van der Waals surface area (Å²) in [5.41, 5.74) is 0.723. The molecule has 0 spiro atoms. The average molecular weight is 343 g/mol. The van der Waals surface area contributed by atoms with Crippen molar-refractivity contribution in [2.24, 2.45) is 0 Å². The predicted octanol–water partition coefficient (Wildman–Crippen LogP) is 2.32. The number of anilines is 1. The normalized spacial score (nSPS) is 14.5. The monoisotopic (exact) mass is 342 g/mol. The molecule has 0 heterocycles. The van der Waals surface area contributed by atoms with Crippen LogP contribution in [-0.2, 0) is 0 Å². The average Bonchev–Trinajstić information content (AvgIpc) is 3.29. The highest BCUT2D eigenvalue weighted by molar-refractivity contribution is 5.95. The largest absolute Gasteiger partial charge is 0.377 e. The number of nitrogens with one attached hydrogen (secondary N) is 3. The van der Waals surface area contributed by atoms with Gasteiger partial charge in [-0.15, -0.1) is 12.4 Å². The summed E-state index contributed by atoms with van der Waals surface area (Å²) in [7, 11) is 0. The van der Waals surface area contributed by atoms with E-state index >= 15 is 0 Å². The van der Waals surface area contributed by atoms with Gasteiger partial charge in [0.05, 0.1) is 4.92 Å². The maximum absolute atomic E-state index is 12.1. The number of nitro groups is 1. The third kappa shape index (κ3) is 5.69. The van der Waals surface area contributed by atoms with Gasteiger partial charge in [0.25, 0.3) is 11.6 Å². The molecule has 2 rings (SSSR count). The fraction of sp³-hybridized carbons (Fsp3) is 0.533. The Morgan fingerprint density at radius 3 is 2.70 bits per heavy atom. The van der Waals surface area contributed by atoms with Crippen molar-refractivity contribution in [1.29, 1.82) is 0 Å². The number of likely N-dealkylation sites (N-methyl/N-ethyl adjacent to an activating group) is 1. The van der Waals surface area contributed by atoms with Crippen molar-refractivity contribution in [3.8, 4) is 0 Å². The van der Waals surface area contributed by atoms with Crippen LogP contribution in [0.2, 0.25) is 0 Å². The first-order valence-electron chi connectivity index (χ1n) is 7.57. The number of hydrogen-bond donors (Lipinski definition) is 3. The van der Waals surface area contributed by atoms with Crippen molar-refractivity contribution in [2.75, 3.05) is 18.4 Å². The summed E-state index contributed by atoms with van der Waals surface area (Å²) < 4.78 is 0. The van der Waals surface area contributed by atoms with E-state index < -0.39 is 4.92 Å². The zero-order valence-electron chi connectivity index (χ0n) is 13.3. The zero-order chi connectivity index (χ0) is 16.1. The lowest BCUT2D eigenvalue weighted by molar-refractivity contribution is -0.384. The van der Waals surface area contributed by atoms with E-state index in [1.807, 2.05) is 13.8 Å². The van der Waals surface area contributed by atoms with Crippen LogP contribution in [-0.4, -0.2) is 36.0 Å². The molecule has 1 aromatic carbocycles. The minimum atomic E-state index is -0.456. The molecule has 1 atom stereocenters. The molecule has 1 aliphatic rings. The molecule has 0 aromatic heterocycles. The van der Waals surface area contributed by atoms with E-state index in [4.69, 9.17) is 0 Å². The number of carbonyl (C=O) groups is 1. The van der Waals surface area contributed by atoms with Gasteiger partial charge >= 0.3 is 0 Å². The van der Waals surface area contributed by atoms with Gasteiger partial charge in [-0.25, -0.2) is 0 Å². The molecule has 0 unspecified atom stereocenters. The molecule has 128 valence electrons. The first-order valence-corrected chi connectivity index (χ1v) is 7.57. The van der Waals surface area contributed by atoms with Gasteiger partial charge in [0.15, 0.2) is 0 Å². The van der Waals surface area contributed by atoms with Gasteiger partial charge < -0.3 is 16.0 Å². The number of nitro benzene ring substituents is 1. The Morgan fingerprint density at radius 1 is 1.43 bits per heavy atom. The lowest BCUT2D eigenvalue weighted by Crippen LogP contribution is -2.38. The topological polar surface area (TPSA) is 96.3 Å². The van der Waals surface area contributed by atoms with E-state index in [0.29, 0.717) is 23.8 Å². The van der Waals surface area contributed by atoms with Crippen molar-refractivity contribution in [2.45, 2.75) is 38.8 Å². The van der Waals surface area contributed by atoms with Crippen LogP contribution >= 0.6 is 12.4 Å². The summed E-state index contributed by atoms with van der Waals surface area (Å²) in [4.78, 5) is 22.8. The Bertz CT molecular complexity index is 564. The van der Waals surface area contributed by atoms with E-state index in [9.17, 15) is 14.9 Å². The number of hydrogen-bond acceptors (Lipinski definition) is 5. The Hall–Kier alpha value is -1.86. The van der Waals surface area contributed by atoms with E-state index in [2.05, 4.69) is 16.0 Å². The van der Waals surface area contributed by atoms with Gasteiger partial charge in [0, 0.05) is 30.3 Å². The molecular formula is C15H23ClN4O3. The lowest BCUT2D eigenvalue weighted by Gasteiger charge is -2.13. The summed E-state index contributed by atoms with van der Waals surface area (Å²) in [5.74, 6) is -0.300. The van der Waals surface area contributed by atoms with E-state index in [0.717, 1.165) is 19.4 Å². The highest BCUT2D eigenvalue weighted by atomic mass is 35.5. The van der Waals surface area contributed by atoms with Crippen molar-refractivity contribution in [1.82, 2.24) is 10.6 Å². The fourth-order valence-corrected chi connectivity index (χ4v) is 2.16. The molecule has 7 nitrogen and oxygen atoms in total. The number of amides is 1. The van der Waals surface area contributed by atoms with Gasteiger partial charge in [-0.2, -0.15) is 0 Å². The van der Waals surface area contributed by atoms with Crippen molar-refractivity contribution in [3.05, 3.63) is 33.9 Å². The smallest absolute Gasteiger partial charge is 0.293 e. The van der Waals surface area contributed by atoms with E-state index in [1.165, 1.54) is 6.07 Å². The van der Waals surface area contributed by atoms with Crippen LogP contribution in [0.25, 0.3) is 0 Å². The quantitative estimate of drug-likeness (QED) is 0.497. The minimum Gasteiger partial charge on any atom is -0.377 e. The first kappa shape index (κ1) is 19.2. The molecule has 3 N–H and O–H groups in total. The Morgan fingerprint density at radius 2 is 2.13 bits per heavy atom. The number of halogens is 1. The number of nitrogens with zero attached hydrogens (tertiary/aromatic N) is 1. The molecule has 8 heteroatoms. The first-order chi connectivity index (χ1) is 10.5. The molecule has 1 aromatic rings. The second-order valence-electron chi connectivity index (χ2n) is 5.58. The molecule has 0 aliphatic heterocycles. The van der Waals surface area contributed by atoms with Gasteiger partial charge in [-0.1, -0.05) is 6.92 Å². The standard InChI is InChI=1S/C15H22N4O3.ClH/c1-3-16-10(2)9-17-15(20)11-4-7-13(18-12-5-6-12)14(8-11)19(21)22;/h4,7-8,10,12,16,18H,3,5-6,9H2,1-2H3,(H,17,20);1H/t10-;/m1./s1. The minimum absolute atomic E-state index is 0. The van der Waals surface area contributed by atoms with E-state index in [-0.39, 0.29) is 30.0 Å². The second kappa shape index (κ2) is 8.69. The van der Waals surface area contributed by atoms with Crippen LogP contribution in [0.3, 0.4) is 0 Å². The Balaban J connectivity index is 0.00000264. The zero-order valence-corrected chi connectivity index (χ0v) is 14.1. The van der Waals surface area contributed by atoms with Crippen LogP contribution in [0, 0.1) is 10.1 Å². The maximum Gasteiger partial charge on any atom is 0.293 e. The highest BCUT2D eigenvalue weighted by Crippen LogP contribution is 2.31. The Kier molecular flexibility index (Phi) is 7.25. The summed E-state index contributed by atoms with van der Waals surface area (Å²) in [6.07, 6.45) is 2.06. The second-order valence-corrected chi connectivity index (χ2v) is 5.58. The van der Waals surface area contributed by atoms with Gasteiger partial charge in [0.2, 0.25) is 0 Å². The summed E-state index contributed by atoms with van der Waals surface area (Å²) in [6, 6.07) is 5.03. The predicted molar refractivity (Wildman–Crippen MR) is 92.5 cm³/mol. The van der Waals surface area contributed by atoms with Crippen LogP contribution < -0.4 is 16.0 Å². The Labute approximate surface area is 141 Å². The van der Waals surface area contributed by atoms with Crippen LogP contribution in [0.4, 0.5) is 11.4 Å². The highest BCUT2D eigenvalue weighted by Gasteiger charge is 2.25. The molecule has 1 saturated carbocycles. The molecule has 0 saturated heterocycles. The number of rotatable bonds is 8. The third-order valence-electron chi connectivity index (χ3n) is 3.51. The SMILES string of the molecule is CCN[C@H](C)CNC(=O)c1ccc(NC2CC2)c([N+](=O)[O-])c1.Cl. The van der Waals surface area contributed by atoms with Gasteiger partial charge in [-0.05, 0) is 38.4 Å². The number of carbonyl (C=O) groups excluding carboxylic acids is 1. The fourth-order valence-electron chi connectivity index (χ4n) is 2.16. The van der Waals surface area contributed by atoms with Gasteiger partial charge in [0.1, 0.15) is 5.69 Å². The molecule has 0 radical (unpaired) electrons. The third-order valence-corrected chi connectivity index (χ3v) is 3.51. The molecule has 1 fully saturated rings. The summed E-state index contributed by atoms with van der Waals surface area (Å²) >= 11 is 0. The molecule has 1 aliphatic carbocycles. The summed E-state index contributed by atoms with van der Waals surface area (Å²) in [6.45, 7) is 5.26. The van der Waals surface area contributed by atoms with Crippen LogP contribution in [0.5, 0.6) is 0 Å². The van der Waals surface area contributed by atoms with Crippen molar-refractivity contribution in [3.63, 3.8) is 0 Å². The summed E-state index contributed by atoms with van der Waals surface area (Å²) in [5, 5.41) is 20.3. The molecule has 1 amide bonds. The van der Waals surface area contributed by atoms with Crippen molar-refractivity contribution < 1.29 is 9.72 Å². The van der Waals surface area contributed by atoms with Crippen LogP contribution in [0.15, 0.2) is 18.2 Å². The van der Waals surface area contributed by atoms with Crippen LogP contribution in [0.1, 0.15) is 37.0 Å². The molecule has 0 bridgehead atoms. The lowest BCUT2D eigenvalue weighted by atomic mass is 10.1. The van der Waals surface area contributed by atoms with Crippen molar-refractivity contribution >= 4 is 29.7 Å². The van der Waals surface area contributed by atoms with E-state index in [1.54, 1.807) is 12.1 Å². The van der Waals surface area contributed by atoms with Gasteiger partial charge in [-0.3, -0.25) is 14.9 Å².